The minimum absolute atomic E-state index is 0.00708. The molecule has 0 aromatic heterocycles. The van der Waals surface area contributed by atoms with Crippen LogP contribution in [0.5, 0.6) is 0 Å². The van der Waals surface area contributed by atoms with E-state index in [1.165, 1.54) is 5.56 Å². The monoisotopic (exact) mass is 238 g/mol. The van der Waals surface area contributed by atoms with E-state index in [1.807, 2.05) is 30.3 Å². The van der Waals surface area contributed by atoms with Crippen molar-refractivity contribution >= 4 is 22.3 Å². The van der Waals surface area contributed by atoms with Crippen LogP contribution in [0.25, 0.3) is 10.8 Å². The highest BCUT2D eigenvalue weighted by Gasteiger charge is 2.26. The molecule has 0 atom stereocenters. The van der Waals surface area contributed by atoms with Gasteiger partial charge in [0.25, 0.3) is 0 Å². The van der Waals surface area contributed by atoms with E-state index in [9.17, 15) is 9.59 Å². The lowest BCUT2D eigenvalue weighted by molar-refractivity contribution is 0.0890. The summed E-state index contributed by atoms with van der Waals surface area (Å²) >= 11 is 0. The van der Waals surface area contributed by atoms with E-state index in [2.05, 4.69) is 13.8 Å². The zero-order valence-corrected chi connectivity index (χ0v) is 10.5. The molecule has 2 aromatic rings. The van der Waals surface area contributed by atoms with Gasteiger partial charge in [-0.05, 0) is 16.9 Å². The lowest BCUT2D eigenvalue weighted by Gasteiger charge is -2.18. The van der Waals surface area contributed by atoms with Crippen molar-refractivity contribution < 1.29 is 9.59 Å². The summed E-state index contributed by atoms with van der Waals surface area (Å²) in [7, 11) is 0. The average molecular weight is 238 g/mol. The van der Waals surface area contributed by atoms with Gasteiger partial charge in [-0.3, -0.25) is 9.59 Å². The van der Waals surface area contributed by atoms with E-state index in [0.717, 1.165) is 10.8 Å². The van der Waals surface area contributed by atoms with Gasteiger partial charge in [0.15, 0.2) is 11.6 Å². The van der Waals surface area contributed by atoms with Crippen molar-refractivity contribution in [3.8, 4) is 0 Å². The fourth-order valence-corrected chi connectivity index (χ4v) is 2.73. The third-order valence-corrected chi connectivity index (χ3v) is 3.62. The lowest BCUT2D eigenvalue weighted by Crippen LogP contribution is -2.16. The molecule has 2 nitrogen and oxygen atoms in total. The maximum atomic E-state index is 11.9. The van der Waals surface area contributed by atoms with E-state index in [-0.39, 0.29) is 18.0 Å². The van der Waals surface area contributed by atoms with Crippen molar-refractivity contribution in [3.05, 3.63) is 47.0 Å². The van der Waals surface area contributed by atoms with Crippen LogP contribution in [-0.2, 0) is 0 Å². The molecule has 0 saturated heterocycles. The third kappa shape index (κ3) is 1.42. The molecule has 3 rings (SSSR count). The van der Waals surface area contributed by atoms with Crippen LogP contribution in [0.15, 0.2) is 30.3 Å². The van der Waals surface area contributed by atoms with Crippen molar-refractivity contribution in [3.63, 3.8) is 0 Å². The SMILES string of the molecule is CC(C)c1ccc2c3c(cccc13)C(=O)CC2=O. The van der Waals surface area contributed by atoms with Crippen molar-refractivity contribution in [1.29, 1.82) is 0 Å². The van der Waals surface area contributed by atoms with Gasteiger partial charge in [0, 0.05) is 16.5 Å². The molecule has 0 spiro atoms. The summed E-state index contributed by atoms with van der Waals surface area (Å²) in [5, 5.41) is 1.89. The zero-order valence-electron chi connectivity index (χ0n) is 10.5. The summed E-state index contributed by atoms with van der Waals surface area (Å²) in [6, 6.07) is 9.62. The maximum absolute atomic E-state index is 11.9. The second-order valence-corrected chi connectivity index (χ2v) is 5.11. The van der Waals surface area contributed by atoms with E-state index < -0.39 is 0 Å². The summed E-state index contributed by atoms with van der Waals surface area (Å²) in [5.74, 6) is 0.263. The predicted molar refractivity (Wildman–Crippen MR) is 71.3 cm³/mol. The number of hydrogen-bond donors (Lipinski definition) is 0. The molecule has 0 radical (unpaired) electrons. The summed E-state index contributed by atoms with van der Waals surface area (Å²) in [6.07, 6.45) is 0.00708. The second kappa shape index (κ2) is 3.77. The highest BCUT2D eigenvalue weighted by molar-refractivity contribution is 6.27. The zero-order chi connectivity index (χ0) is 12.9. The van der Waals surface area contributed by atoms with Gasteiger partial charge >= 0.3 is 0 Å². The Kier molecular flexibility index (Phi) is 2.34. The van der Waals surface area contributed by atoms with Crippen LogP contribution >= 0.6 is 0 Å². The van der Waals surface area contributed by atoms with Gasteiger partial charge < -0.3 is 0 Å². The average Bonchev–Trinajstić information content (AvgIpc) is 2.34. The molecule has 0 fully saturated rings. The normalized spacial score (nSPS) is 14.6. The quantitative estimate of drug-likeness (QED) is 0.709. The number of hydrogen-bond acceptors (Lipinski definition) is 2. The molecule has 18 heavy (non-hydrogen) atoms. The smallest absolute Gasteiger partial charge is 0.171 e. The summed E-state index contributed by atoms with van der Waals surface area (Å²) in [6.45, 7) is 4.24. The Morgan fingerprint density at radius 1 is 0.944 bits per heavy atom. The molecule has 2 heteroatoms. The van der Waals surface area contributed by atoms with Gasteiger partial charge in [0.05, 0.1) is 6.42 Å². The van der Waals surface area contributed by atoms with E-state index in [1.54, 1.807) is 0 Å². The first-order valence-corrected chi connectivity index (χ1v) is 6.21. The molecule has 0 N–H and O–H groups in total. The van der Waals surface area contributed by atoms with Gasteiger partial charge in [-0.15, -0.1) is 0 Å². The van der Waals surface area contributed by atoms with Crippen LogP contribution < -0.4 is 0 Å². The van der Waals surface area contributed by atoms with E-state index in [4.69, 9.17) is 0 Å². The molecule has 90 valence electrons. The lowest BCUT2D eigenvalue weighted by atomic mass is 9.83. The molecule has 0 unspecified atom stereocenters. The number of ketones is 2. The second-order valence-electron chi connectivity index (χ2n) is 5.11. The van der Waals surface area contributed by atoms with Crippen LogP contribution in [0.4, 0.5) is 0 Å². The van der Waals surface area contributed by atoms with E-state index in [0.29, 0.717) is 17.0 Å². The Balaban J connectivity index is 2.49. The van der Waals surface area contributed by atoms with Crippen molar-refractivity contribution in [2.24, 2.45) is 0 Å². The Morgan fingerprint density at radius 2 is 1.61 bits per heavy atom. The molecular weight excluding hydrogens is 224 g/mol. The number of carbonyl (C=O) groups is 2. The molecule has 0 bridgehead atoms. The summed E-state index contributed by atoms with van der Waals surface area (Å²) in [4.78, 5) is 23.9. The van der Waals surface area contributed by atoms with Crippen LogP contribution in [0.2, 0.25) is 0 Å². The predicted octanol–water partition coefficient (Wildman–Crippen LogP) is 3.73. The number of carbonyl (C=O) groups excluding carboxylic acids is 2. The summed E-state index contributed by atoms with van der Waals surface area (Å²) in [5.41, 5.74) is 2.59. The van der Waals surface area contributed by atoms with Crippen LogP contribution in [0.1, 0.15) is 52.5 Å². The Hall–Kier alpha value is -1.96. The highest BCUT2D eigenvalue weighted by atomic mass is 16.1. The van der Waals surface area contributed by atoms with Crippen molar-refractivity contribution in [2.45, 2.75) is 26.2 Å². The number of rotatable bonds is 1. The van der Waals surface area contributed by atoms with Gasteiger partial charge in [0.2, 0.25) is 0 Å². The Morgan fingerprint density at radius 3 is 2.28 bits per heavy atom. The number of Topliss-reactive ketones (excluding diaryl/α,β-unsaturated/α-hetero) is 2. The maximum Gasteiger partial charge on any atom is 0.171 e. The van der Waals surface area contributed by atoms with E-state index >= 15 is 0 Å². The summed E-state index contributed by atoms with van der Waals surface area (Å²) < 4.78 is 0. The van der Waals surface area contributed by atoms with Crippen LogP contribution in [0.3, 0.4) is 0 Å². The fourth-order valence-electron chi connectivity index (χ4n) is 2.73. The minimum atomic E-state index is -0.0565. The van der Waals surface area contributed by atoms with Crippen LogP contribution in [0, 0.1) is 0 Å². The highest BCUT2D eigenvalue weighted by Crippen LogP contribution is 2.34. The van der Waals surface area contributed by atoms with Gasteiger partial charge in [-0.1, -0.05) is 44.2 Å². The molecule has 1 aliphatic rings. The largest absolute Gasteiger partial charge is 0.294 e. The molecular formula is C16H14O2. The van der Waals surface area contributed by atoms with Gasteiger partial charge in [-0.2, -0.15) is 0 Å². The fraction of sp³-hybridized carbons (Fsp3) is 0.250. The molecule has 1 aliphatic carbocycles. The first kappa shape index (κ1) is 11.1. The molecule has 0 saturated carbocycles. The molecule has 0 amide bonds. The first-order chi connectivity index (χ1) is 8.59. The Bertz CT molecular complexity index is 661. The number of benzene rings is 2. The van der Waals surface area contributed by atoms with Crippen LogP contribution in [-0.4, -0.2) is 11.6 Å². The molecule has 2 aromatic carbocycles. The molecule has 0 aliphatic heterocycles. The topological polar surface area (TPSA) is 34.1 Å². The Labute approximate surface area is 106 Å². The van der Waals surface area contributed by atoms with Crippen molar-refractivity contribution in [1.82, 2.24) is 0 Å². The van der Waals surface area contributed by atoms with Gasteiger partial charge in [0.1, 0.15) is 0 Å². The van der Waals surface area contributed by atoms with Gasteiger partial charge in [-0.25, -0.2) is 0 Å². The van der Waals surface area contributed by atoms with Crippen molar-refractivity contribution in [2.75, 3.05) is 0 Å². The third-order valence-electron chi connectivity index (χ3n) is 3.62. The minimum Gasteiger partial charge on any atom is -0.294 e. The molecule has 0 heterocycles. The first-order valence-electron chi connectivity index (χ1n) is 6.21. The standard InChI is InChI=1S/C16H14O2/c1-9(2)10-6-7-13-15(18)8-14(17)12-5-3-4-11(10)16(12)13/h3-7,9H,8H2,1-2H3.